The summed E-state index contributed by atoms with van der Waals surface area (Å²) in [6.07, 6.45) is 4.57. The molecule has 9 nitrogen and oxygen atoms in total. The predicted octanol–water partition coefficient (Wildman–Crippen LogP) is 1.75. The van der Waals surface area contributed by atoms with Crippen molar-refractivity contribution in [2.45, 2.75) is 31.7 Å². The Balaban J connectivity index is 1.89. The minimum Gasteiger partial charge on any atom is -0.481 e. The molecule has 0 radical (unpaired) electrons. The number of hydrogen-bond donors (Lipinski definition) is 3. The number of anilines is 1. The molecule has 1 saturated carbocycles. The maximum Gasteiger partial charge on any atom is 0.319 e. The Morgan fingerprint density at radius 2 is 2.00 bits per heavy atom. The van der Waals surface area contributed by atoms with E-state index in [4.69, 9.17) is 5.11 Å². The number of pyridine rings is 1. The van der Waals surface area contributed by atoms with Crippen molar-refractivity contribution < 1.29 is 19.6 Å². The van der Waals surface area contributed by atoms with E-state index in [2.05, 4.69) is 15.6 Å². The number of carboxylic acids is 1. The number of nitrogens with zero attached hydrogens (tertiary/aromatic N) is 2. The number of aromatic nitrogens is 1. The molecule has 2 rings (SSSR count). The van der Waals surface area contributed by atoms with E-state index in [-0.39, 0.29) is 23.3 Å². The normalized spacial score (nSPS) is 20.9. The molecule has 0 aromatic carbocycles. The van der Waals surface area contributed by atoms with E-state index >= 15 is 0 Å². The van der Waals surface area contributed by atoms with Gasteiger partial charge in [-0.25, -0.2) is 4.79 Å². The fourth-order valence-electron chi connectivity index (χ4n) is 2.47. The van der Waals surface area contributed by atoms with Gasteiger partial charge in [-0.15, -0.1) is 0 Å². The Morgan fingerprint density at radius 3 is 2.59 bits per heavy atom. The van der Waals surface area contributed by atoms with E-state index in [1.165, 1.54) is 12.3 Å². The average Bonchev–Trinajstić information content (AvgIpc) is 2.48. The molecule has 1 fully saturated rings. The molecular weight excluding hydrogens is 292 g/mol. The summed E-state index contributed by atoms with van der Waals surface area (Å²) in [5.41, 5.74) is -0.219. The molecule has 0 unspecified atom stereocenters. The zero-order valence-corrected chi connectivity index (χ0v) is 11.7. The lowest BCUT2D eigenvalue weighted by Gasteiger charge is -2.26. The summed E-state index contributed by atoms with van der Waals surface area (Å²) >= 11 is 0. The summed E-state index contributed by atoms with van der Waals surface area (Å²) in [5.74, 6) is -1.17. The molecule has 0 spiro atoms. The molecule has 3 N–H and O–H groups in total. The molecule has 1 heterocycles. The van der Waals surface area contributed by atoms with Crippen LogP contribution < -0.4 is 10.6 Å². The molecule has 118 valence electrons. The quantitative estimate of drug-likeness (QED) is 0.573. The fraction of sp³-hybridized carbons (Fsp3) is 0.462. The Hall–Kier alpha value is -2.71. The minimum absolute atomic E-state index is 0.0664. The first-order valence-corrected chi connectivity index (χ1v) is 6.86. The van der Waals surface area contributed by atoms with Gasteiger partial charge in [0.1, 0.15) is 11.9 Å². The number of nitrogens with one attached hydrogen (secondary N) is 2. The first kappa shape index (κ1) is 15.7. The zero-order valence-electron chi connectivity index (χ0n) is 11.7. The van der Waals surface area contributed by atoms with Gasteiger partial charge >= 0.3 is 17.7 Å². The summed E-state index contributed by atoms with van der Waals surface area (Å²) in [5, 5.41) is 24.9. The van der Waals surface area contributed by atoms with E-state index in [1.54, 1.807) is 0 Å². The van der Waals surface area contributed by atoms with Crippen LogP contribution in [-0.4, -0.2) is 33.1 Å². The fourth-order valence-corrected chi connectivity index (χ4v) is 2.47. The number of nitro groups is 1. The van der Waals surface area contributed by atoms with Crippen LogP contribution in [0.2, 0.25) is 0 Å². The highest BCUT2D eigenvalue weighted by molar-refractivity contribution is 5.91. The van der Waals surface area contributed by atoms with Crippen molar-refractivity contribution in [3.63, 3.8) is 0 Å². The standard InChI is InChI=1S/C13H16N4O5/c18-12(19)8-1-3-9(4-2-8)15-13(20)16-10-5-6-14-7-11(10)17(21)22/h5-9H,1-4H2,(H,18,19)(H2,14,15,16,20). The lowest BCUT2D eigenvalue weighted by molar-refractivity contribution is -0.384. The topological polar surface area (TPSA) is 134 Å². The van der Waals surface area contributed by atoms with Crippen molar-refractivity contribution >= 4 is 23.4 Å². The minimum atomic E-state index is -0.810. The maximum atomic E-state index is 11.9. The average molecular weight is 308 g/mol. The number of carboxylic acid groups (broad SMARTS) is 1. The molecule has 0 saturated heterocycles. The van der Waals surface area contributed by atoms with Crippen molar-refractivity contribution in [1.29, 1.82) is 0 Å². The Labute approximate surface area is 125 Å². The van der Waals surface area contributed by atoms with Crippen LogP contribution in [0.1, 0.15) is 25.7 Å². The molecule has 1 aliphatic carbocycles. The lowest BCUT2D eigenvalue weighted by Crippen LogP contribution is -2.41. The van der Waals surface area contributed by atoms with Crippen LogP contribution in [0, 0.1) is 16.0 Å². The summed E-state index contributed by atoms with van der Waals surface area (Å²) in [6.45, 7) is 0. The van der Waals surface area contributed by atoms with Crippen LogP contribution >= 0.6 is 0 Å². The van der Waals surface area contributed by atoms with Gasteiger partial charge in [-0.3, -0.25) is 19.9 Å². The third kappa shape index (κ3) is 3.90. The Bertz CT molecular complexity index is 584. The predicted molar refractivity (Wildman–Crippen MR) is 76.4 cm³/mol. The number of rotatable bonds is 4. The molecule has 1 aromatic heterocycles. The number of amides is 2. The second kappa shape index (κ2) is 6.83. The highest BCUT2D eigenvalue weighted by atomic mass is 16.6. The summed E-state index contributed by atoms with van der Waals surface area (Å²) in [7, 11) is 0. The van der Waals surface area contributed by atoms with Crippen molar-refractivity contribution in [2.75, 3.05) is 5.32 Å². The molecule has 0 bridgehead atoms. The molecule has 2 amide bonds. The lowest BCUT2D eigenvalue weighted by atomic mass is 9.86. The van der Waals surface area contributed by atoms with Crippen LogP contribution in [-0.2, 0) is 4.79 Å². The van der Waals surface area contributed by atoms with Gasteiger partial charge in [-0.2, -0.15) is 0 Å². The first-order valence-electron chi connectivity index (χ1n) is 6.86. The summed E-state index contributed by atoms with van der Waals surface area (Å²) in [6, 6.07) is 0.670. The largest absolute Gasteiger partial charge is 0.481 e. The smallest absolute Gasteiger partial charge is 0.319 e. The van der Waals surface area contributed by atoms with Crippen molar-refractivity contribution in [3.8, 4) is 0 Å². The van der Waals surface area contributed by atoms with E-state index in [9.17, 15) is 19.7 Å². The number of hydrogen-bond acceptors (Lipinski definition) is 5. The molecule has 1 aliphatic rings. The molecule has 9 heteroatoms. The molecular formula is C13H16N4O5. The van der Waals surface area contributed by atoms with Gasteiger partial charge in [0.2, 0.25) is 0 Å². The number of urea groups is 1. The Kier molecular flexibility index (Phi) is 4.87. The van der Waals surface area contributed by atoms with E-state index < -0.39 is 16.9 Å². The van der Waals surface area contributed by atoms with Crippen molar-refractivity contribution in [2.24, 2.45) is 5.92 Å². The molecule has 22 heavy (non-hydrogen) atoms. The number of carbonyl (C=O) groups is 2. The van der Waals surface area contributed by atoms with Gasteiger partial charge < -0.3 is 15.7 Å². The van der Waals surface area contributed by atoms with Crippen LogP contribution in [0.4, 0.5) is 16.2 Å². The zero-order chi connectivity index (χ0) is 16.1. The van der Waals surface area contributed by atoms with Crippen LogP contribution in [0.5, 0.6) is 0 Å². The Morgan fingerprint density at radius 1 is 1.32 bits per heavy atom. The van der Waals surface area contributed by atoms with E-state index in [1.807, 2.05) is 0 Å². The van der Waals surface area contributed by atoms with Gasteiger partial charge in [-0.05, 0) is 31.7 Å². The third-order valence-electron chi connectivity index (χ3n) is 3.66. The van der Waals surface area contributed by atoms with Crippen LogP contribution in [0.15, 0.2) is 18.5 Å². The third-order valence-corrected chi connectivity index (χ3v) is 3.66. The monoisotopic (exact) mass is 308 g/mol. The second-order valence-corrected chi connectivity index (χ2v) is 5.14. The molecule has 0 aliphatic heterocycles. The van der Waals surface area contributed by atoms with Crippen molar-refractivity contribution in [1.82, 2.24) is 10.3 Å². The van der Waals surface area contributed by atoms with E-state index in [0.717, 1.165) is 6.20 Å². The van der Waals surface area contributed by atoms with Gasteiger partial charge in [0.25, 0.3) is 0 Å². The number of aliphatic carboxylic acids is 1. The summed E-state index contributed by atoms with van der Waals surface area (Å²) < 4.78 is 0. The SMILES string of the molecule is O=C(Nc1ccncc1[N+](=O)[O-])NC1CCC(C(=O)O)CC1. The highest BCUT2D eigenvalue weighted by Gasteiger charge is 2.27. The molecule has 0 atom stereocenters. The number of carbonyl (C=O) groups excluding carboxylic acids is 1. The van der Waals surface area contributed by atoms with E-state index in [0.29, 0.717) is 25.7 Å². The summed E-state index contributed by atoms with van der Waals surface area (Å²) in [4.78, 5) is 36.6. The van der Waals surface area contributed by atoms with Crippen molar-refractivity contribution in [3.05, 3.63) is 28.6 Å². The maximum absolute atomic E-state index is 11.9. The van der Waals surface area contributed by atoms with Gasteiger partial charge in [0, 0.05) is 12.2 Å². The van der Waals surface area contributed by atoms with Gasteiger partial charge in [0.05, 0.1) is 10.8 Å². The molecule has 1 aromatic rings. The second-order valence-electron chi connectivity index (χ2n) is 5.14. The van der Waals surface area contributed by atoms with Crippen LogP contribution in [0.25, 0.3) is 0 Å². The van der Waals surface area contributed by atoms with Crippen LogP contribution in [0.3, 0.4) is 0 Å². The first-order chi connectivity index (χ1) is 10.5. The van der Waals surface area contributed by atoms with Gasteiger partial charge in [0.15, 0.2) is 0 Å². The van der Waals surface area contributed by atoms with Gasteiger partial charge in [-0.1, -0.05) is 0 Å². The highest BCUT2D eigenvalue weighted by Crippen LogP contribution is 2.25.